The fourth-order valence-electron chi connectivity index (χ4n) is 12.7. The maximum Gasteiger partial charge on any atom is 0.326 e. The predicted octanol–water partition coefficient (Wildman–Crippen LogP) is -5.17. The first-order valence-electron chi connectivity index (χ1n) is 42.1. The van der Waals surface area contributed by atoms with Crippen LogP contribution in [0.15, 0.2) is 73.2 Å². The average Bonchev–Trinajstić information content (AvgIpc) is 0.970. The number of aliphatic hydroxyl groups excluding tert-OH is 1. The molecule has 1 aromatic heterocycles. The zero-order valence-corrected chi connectivity index (χ0v) is 74.0. The van der Waals surface area contributed by atoms with Crippen molar-refractivity contribution in [2.75, 3.05) is 31.6 Å². The summed E-state index contributed by atoms with van der Waals surface area (Å²) in [7, 11) is 0. The van der Waals surface area contributed by atoms with Gasteiger partial charge in [-0.25, -0.2) is 9.78 Å². The number of aromatic nitrogens is 2. The third-order valence-corrected chi connectivity index (χ3v) is 21.1. The van der Waals surface area contributed by atoms with E-state index in [0.717, 1.165) is 0 Å². The Bertz CT molecular complexity index is 4080. The summed E-state index contributed by atoms with van der Waals surface area (Å²) < 4.78 is 0. The molecule has 17 atom stereocenters. The predicted molar refractivity (Wildman–Crippen MR) is 468 cm³/mol. The highest BCUT2D eigenvalue weighted by Gasteiger charge is 2.40. The van der Waals surface area contributed by atoms with E-state index in [0.29, 0.717) is 30.4 Å². The zero-order valence-electron chi connectivity index (χ0n) is 73.2. The van der Waals surface area contributed by atoms with Gasteiger partial charge in [0.15, 0.2) is 5.96 Å². The maximum atomic E-state index is 15.0. The van der Waals surface area contributed by atoms with Gasteiger partial charge in [-0.3, -0.25) is 82.1 Å². The number of carboxylic acids is 1. The molecule has 700 valence electrons. The molecule has 31 N–H and O–H groups in total. The molecule has 16 amide bonds. The molecule has 3 aromatic rings. The Morgan fingerprint density at radius 1 is 0.437 bits per heavy atom. The number of rotatable bonds is 60. The summed E-state index contributed by atoms with van der Waals surface area (Å²) in [4.78, 5) is 244. The number of primary amides is 2. The topological polar surface area (TPSA) is 720 Å². The lowest BCUT2D eigenvalue weighted by atomic mass is 9.96. The van der Waals surface area contributed by atoms with Crippen LogP contribution in [0.1, 0.15) is 163 Å². The number of unbranched alkanes of at least 4 members (excludes halogenated alkanes) is 2. The number of carbonyl (C=O) groups is 17. The van der Waals surface area contributed by atoms with E-state index in [2.05, 4.69) is 89.7 Å². The number of hydrogen-bond donors (Lipinski definition) is 25. The van der Waals surface area contributed by atoms with Crippen LogP contribution in [-0.4, -0.2) is 255 Å². The van der Waals surface area contributed by atoms with Crippen LogP contribution in [0.25, 0.3) is 0 Å². The molecule has 0 saturated heterocycles. The molecule has 3 rings (SSSR count). The minimum Gasteiger partial charge on any atom is -0.480 e. The van der Waals surface area contributed by atoms with E-state index in [9.17, 15) is 82.1 Å². The number of aliphatic hydroxyl groups is 1. The van der Waals surface area contributed by atoms with Crippen molar-refractivity contribution in [2.24, 2.45) is 52.2 Å². The molecule has 0 radical (unpaired) electrons. The fraction of sp³-hybridized carbons (Fsp3) is 0.598. The van der Waals surface area contributed by atoms with Crippen molar-refractivity contribution in [3.63, 3.8) is 0 Å². The second-order valence-corrected chi connectivity index (χ2v) is 32.6. The number of carbonyl (C=O) groups excluding carboxylic acids is 16. The molecular weight excluding hydrogens is 1660 g/mol. The van der Waals surface area contributed by atoms with Gasteiger partial charge >= 0.3 is 5.97 Å². The van der Waals surface area contributed by atoms with Crippen LogP contribution < -0.4 is 114 Å². The van der Waals surface area contributed by atoms with Gasteiger partial charge in [-0.2, -0.15) is 11.8 Å². The van der Waals surface area contributed by atoms with Crippen molar-refractivity contribution in [1.29, 1.82) is 5.41 Å². The SMILES string of the molecule is CC[C@H](C)[C@H](NC(=O)[C@H](Cc1ccccc1)NC(=O)[C@@H](NC(=O)[C@H](C)NC(=O)[C@H](CCSC)NC(=O)[C@H](CCC(N)=O)NC(=O)[C@@H](NC(=O)[C@H](C)NC(=O)[C@@H](N)[C@@H](C)O)C(C)C)C(C)C)C(=O)N[C@@H](Cc1cnc[nH]1)C(=O)N[C@@H](CC(N)=O)C(=O)N[C@H](Cc1ccccc1)C(=O)N[C@@H](CCCCN)C(=O)N[C@@H](CCCNC(=N)N)C(=O)N[C@@H](CCCCN)C(=O)O. The number of hydrogen-bond acceptors (Lipinski definition) is 24. The Morgan fingerprint density at radius 3 is 1.23 bits per heavy atom. The highest BCUT2D eigenvalue weighted by Crippen LogP contribution is 2.17. The second-order valence-electron chi connectivity index (χ2n) is 31.6. The van der Waals surface area contributed by atoms with Crippen molar-refractivity contribution in [2.45, 2.75) is 262 Å². The van der Waals surface area contributed by atoms with Crippen molar-refractivity contribution >= 4 is 118 Å². The number of benzene rings is 2. The van der Waals surface area contributed by atoms with Crippen molar-refractivity contribution in [3.8, 4) is 0 Å². The number of carboxylic acid groups (broad SMARTS) is 1. The van der Waals surface area contributed by atoms with Crippen LogP contribution in [0, 0.1) is 23.2 Å². The molecule has 0 aliphatic rings. The van der Waals surface area contributed by atoms with E-state index in [1.165, 1.54) is 45.1 Å². The zero-order chi connectivity index (χ0) is 94.4. The Labute approximate surface area is 737 Å². The first-order chi connectivity index (χ1) is 59.5. The lowest BCUT2D eigenvalue weighted by Crippen LogP contribution is -2.62. The van der Waals surface area contributed by atoms with Gasteiger partial charge in [0.2, 0.25) is 94.5 Å². The molecule has 0 saturated carbocycles. The number of aromatic amines is 1. The van der Waals surface area contributed by atoms with E-state index in [4.69, 9.17) is 39.8 Å². The number of nitrogens with zero attached hydrogens (tertiary/aromatic N) is 1. The number of nitrogens with one attached hydrogen (secondary N) is 17. The minimum absolute atomic E-state index is 0.0155. The molecule has 126 heavy (non-hydrogen) atoms. The first kappa shape index (κ1) is 108. The smallest absolute Gasteiger partial charge is 0.326 e. The summed E-state index contributed by atoms with van der Waals surface area (Å²) in [5.74, 6) is -18.5. The Hall–Kier alpha value is -11.9. The minimum atomic E-state index is -1.88. The number of aliphatic carboxylic acids is 1. The largest absolute Gasteiger partial charge is 0.480 e. The molecule has 44 heteroatoms. The summed E-state index contributed by atoms with van der Waals surface area (Å²) in [6.45, 7) is 14.1. The summed E-state index contributed by atoms with van der Waals surface area (Å²) in [5, 5.41) is 66.2. The quantitative estimate of drug-likeness (QED) is 0.0143. The summed E-state index contributed by atoms with van der Waals surface area (Å²) in [5.41, 5.74) is 35.1. The Kier molecular flexibility index (Phi) is 48.9. The van der Waals surface area contributed by atoms with Gasteiger partial charge in [0, 0.05) is 44.1 Å². The number of amides is 16. The number of nitrogens with two attached hydrogens (primary N) is 6. The van der Waals surface area contributed by atoms with Gasteiger partial charge in [0.05, 0.1) is 18.9 Å². The maximum absolute atomic E-state index is 15.0. The molecule has 0 spiro atoms. The third-order valence-electron chi connectivity index (χ3n) is 20.4. The van der Waals surface area contributed by atoms with Crippen LogP contribution in [0.3, 0.4) is 0 Å². The molecular formula is C82H132N24O19S. The van der Waals surface area contributed by atoms with Gasteiger partial charge in [-0.1, -0.05) is 109 Å². The molecule has 0 unspecified atom stereocenters. The average molecular weight is 1790 g/mol. The standard InChI is InChI=1S/C82H132N24O19S/c1-11-45(6)66(106-76(119)58(38-50-25-16-13-17-26-50)102-79(122)65(44(4)5)105-67(110)46(7)93-69(112)55(32-36-126-10)97-72(115)54(30-31-61(85)108)98-78(121)64(43(2)3)104-68(111)47(8)94-77(120)63(87)48(9)107)80(123)103-59(39-51-41-90-42-92-51)74(117)101-60(40-62(86)109)75(118)100-57(37-49-23-14-12-15-24-49)73(116)96-52(27-18-20-33-83)70(113)95-53(29-22-35-91-82(88)89)71(114)99-56(81(124)125)28-19-21-34-84/h12-17,23-26,41-48,52-60,63-66,107H,11,18-22,27-40,83-84,87H2,1-10H3,(H2,85,108)(H2,86,109)(H,90,92)(H,93,112)(H,94,120)(H,95,113)(H,96,116)(H,97,115)(H,98,121)(H,99,114)(H,100,118)(H,101,117)(H,102,122)(H,103,123)(H,104,111)(H,105,110)(H,106,119)(H,124,125)(H4,88,89,91)/t45-,46-,47-,48+,52-,53-,54-,55-,56-,57+,58-,59-,60-,63-,64-,65-,66-/m0/s1. The second kappa shape index (κ2) is 56.9. The van der Waals surface area contributed by atoms with Gasteiger partial charge in [-0.05, 0) is 139 Å². The van der Waals surface area contributed by atoms with Gasteiger partial charge in [-0.15, -0.1) is 0 Å². The monoisotopic (exact) mass is 1790 g/mol. The van der Waals surface area contributed by atoms with Gasteiger partial charge < -0.3 is 129 Å². The summed E-state index contributed by atoms with van der Waals surface area (Å²) >= 11 is 1.30. The van der Waals surface area contributed by atoms with Crippen molar-refractivity contribution in [3.05, 3.63) is 90.0 Å². The molecule has 0 fully saturated rings. The van der Waals surface area contributed by atoms with E-state index in [-0.39, 0.29) is 108 Å². The molecule has 0 aliphatic heterocycles. The molecule has 0 bridgehead atoms. The highest BCUT2D eigenvalue weighted by molar-refractivity contribution is 7.98. The molecule has 1 heterocycles. The fourth-order valence-corrected chi connectivity index (χ4v) is 13.2. The number of guanidine groups is 1. The lowest BCUT2D eigenvalue weighted by molar-refractivity contribution is -0.142. The summed E-state index contributed by atoms with van der Waals surface area (Å²) in [6.07, 6.45) is 2.20. The molecule has 43 nitrogen and oxygen atoms in total. The number of imidazole rings is 1. The van der Waals surface area contributed by atoms with Crippen molar-refractivity contribution in [1.82, 2.24) is 89.7 Å². The first-order valence-corrected chi connectivity index (χ1v) is 43.5. The van der Waals surface area contributed by atoms with E-state index < -0.39 is 228 Å². The third kappa shape index (κ3) is 39.5. The summed E-state index contributed by atoms with van der Waals surface area (Å²) in [6, 6.07) is -5.38. The van der Waals surface area contributed by atoms with E-state index in [1.807, 2.05) is 0 Å². The van der Waals surface area contributed by atoms with Crippen LogP contribution in [0.5, 0.6) is 0 Å². The molecule has 0 aliphatic carbocycles. The van der Waals surface area contributed by atoms with Crippen LogP contribution in [0.4, 0.5) is 0 Å². The lowest BCUT2D eigenvalue weighted by Gasteiger charge is -2.30. The van der Waals surface area contributed by atoms with E-state index in [1.54, 1.807) is 108 Å². The van der Waals surface area contributed by atoms with Crippen LogP contribution in [-0.2, 0) is 101 Å². The van der Waals surface area contributed by atoms with E-state index >= 15 is 9.59 Å². The molecule has 2 aromatic carbocycles. The highest BCUT2D eigenvalue weighted by atomic mass is 32.2. The Balaban J connectivity index is 1.98. The van der Waals surface area contributed by atoms with Crippen LogP contribution in [0.2, 0.25) is 0 Å². The number of H-pyrrole nitrogens is 1. The van der Waals surface area contributed by atoms with Crippen molar-refractivity contribution < 1.29 is 91.7 Å². The van der Waals surface area contributed by atoms with Gasteiger partial charge in [0.25, 0.3) is 0 Å². The van der Waals surface area contributed by atoms with Gasteiger partial charge in [0.1, 0.15) is 90.6 Å². The normalized spacial score (nSPS) is 15.2. The number of thioether (sulfide) groups is 1. The van der Waals surface area contributed by atoms with Crippen LogP contribution >= 0.6 is 11.8 Å². The Morgan fingerprint density at radius 2 is 0.810 bits per heavy atom.